The first-order valence-electron chi connectivity index (χ1n) is 0.513. The summed E-state index contributed by atoms with van der Waals surface area (Å²) in [5.41, 5.74) is 0. The van der Waals surface area contributed by atoms with E-state index in [0.717, 1.165) is 0 Å². The van der Waals surface area contributed by atoms with Crippen LogP contribution in [0.25, 0.3) is 0 Å². The van der Waals surface area contributed by atoms with Crippen LogP contribution in [-0.4, -0.2) is 0 Å². The Labute approximate surface area is 62.2 Å². The Morgan fingerprint density at radius 1 is 1.20 bits per heavy atom. The third-order valence-corrected chi connectivity index (χ3v) is 0. The second-order valence-corrected chi connectivity index (χ2v) is 0.260. The van der Waals surface area contributed by atoms with E-state index in [1.54, 1.807) is 0 Å². The monoisotopic (exact) mass is 243 g/mol. The number of hydrogen-bond donors (Lipinski definition) is 0. The second kappa shape index (κ2) is 18.5. The zero-order valence-corrected chi connectivity index (χ0v) is 6.42. The molecule has 0 atom stereocenters. The molecule has 5 heteroatoms. The fourth-order valence-electron chi connectivity index (χ4n) is 0. The van der Waals surface area contributed by atoms with Crippen LogP contribution < -0.4 is 0 Å². The standard InChI is InChI=1S/Ce.Mn.3O. The molecule has 0 aromatic rings. The van der Waals surface area contributed by atoms with Crippen LogP contribution in [0.2, 0.25) is 0 Å². The first kappa shape index (κ1) is 9.57. The van der Waals surface area contributed by atoms with Crippen LogP contribution in [0, 0.1) is 39.8 Å². The summed E-state index contributed by atoms with van der Waals surface area (Å²) in [4.78, 5) is 0. The van der Waals surface area contributed by atoms with Crippen molar-refractivity contribution in [1.29, 1.82) is 0 Å². The molecule has 29 valence electrons. The van der Waals surface area contributed by atoms with Crippen molar-refractivity contribution in [3.8, 4) is 0 Å². The Hall–Kier alpha value is 1.30. The molecule has 0 amide bonds. The Kier molecular flexibility index (Phi) is 35.5. The van der Waals surface area contributed by atoms with E-state index in [-0.39, 0.29) is 39.8 Å². The molecule has 0 fully saturated rings. The Bertz CT molecular complexity index is 36.2. The molecule has 3 nitrogen and oxygen atoms in total. The van der Waals surface area contributed by atoms with Crippen molar-refractivity contribution in [3.05, 3.63) is 0 Å². The first-order valence-corrected chi connectivity index (χ1v) is 2.76. The van der Waals surface area contributed by atoms with Gasteiger partial charge >= 0.3 is 63.2 Å². The molecular formula is CeMnO3. The van der Waals surface area contributed by atoms with E-state index in [4.69, 9.17) is 8.61 Å². The van der Waals surface area contributed by atoms with Gasteiger partial charge < -0.3 is 0 Å². The Morgan fingerprint density at radius 2 is 1.20 bits per heavy atom. The third-order valence-electron chi connectivity index (χ3n) is 0. The van der Waals surface area contributed by atoms with Crippen LogP contribution in [0.15, 0.2) is 0 Å². The molecule has 0 aromatic carbocycles. The van der Waals surface area contributed by atoms with Crippen LogP contribution in [0.4, 0.5) is 0 Å². The van der Waals surface area contributed by atoms with Crippen molar-refractivity contribution in [1.82, 2.24) is 0 Å². The minimum atomic E-state index is -1.44. The topological polar surface area (TPSA) is 51.2 Å². The molecule has 0 unspecified atom stereocenters. The SMILES string of the molecule is [O]=[Ce].[O]=[Mn]=[O]. The van der Waals surface area contributed by atoms with Crippen molar-refractivity contribution in [3.63, 3.8) is 0 Å². The molecule has 0 aliphatic rings. The van der Waals surface area contributed by atoms with Gasteiger partial charge in [-0.2, -0.15) is 0 Å². The van der Waals surface area contributed by atoms with E-state index in [0.29, 0.717) is 0 Å². The van der Waals surface area contributed by atoms with Gasteiger partial charge in [-0.25, -0.2) is 0 Å². The zero-order chi connectivity index (χ0) is 4.71. The quantitative estimate of drug-likeness (QED) is 0.546. The zero-order valence-electron chi connectivity index (χ0n) is 2.10. The molecule has 0 radical (unpaired) electrons. The minimum absolute atomic E-state index is 0.0556. The molecule has 0 saturated heterocycles. The van der Waals surface area contributed by atoms with Gasteiger partial charge in [-0.15, -0.1) is 0 Å². The predicted octanol–water partition coefficient (Wildman–Crippen LogP) is -0.359. The van der Waals surface area contributed by atoms with Crippen molar-refractivity contribution in [2.45, 2.75) is 0 Å². The average molecular weight is 243 g/mol. The molecule has 5 heavy (non-hydrogen) atoms. The van der Waals surface area contributed by atoms with Gasteiger partial charge in [0.25, 0.3) is 0 Å². The van der Waals surface area contributed by atoms with Crippen LogP contribution in [0.5, 0.6) is 0 Å². The van der Waals surface area contributed by atoms with Gasteiger partial charge in [0.1, 0.15) is 0 Å². The summed E-state index contributed by atoms with van der Waals surface area (Å²) < 4.78 is 25.2. The predicted molar refractivity (Wildman–Crippen MR) is 2.06 cm³/mol. The second-order valence-electron chi connectivity index (χ2n) is 0.0630. The van der Waals surface area contributed by atoms with E-state index >= 15 is 0 Å². The normalized spacial score (nSPS) is 3.00. The van der Waals surface area contributed by atoms with Gasteiger partial charge in [0.15, 0.2) is 0 Å². The van der Waals surface area contributed by atoms with Gasteiger partial charge in [-0.3, -0.25) is 0 Å². The summed E-state index contributed by atoms with van der Waals surface area (Å²) in [5, 5.41) is 0. The average Bonchev–Trinajstić information content (AvgIpc) is 1.46. The summed E-state index contributed by atoms with van der Waals surface area (Å²) in [6.45, 7) is 0. The Balaban J connectivity index is 0. The third kappa shape index (κ3) is 34.3. The molecule has 0 aliphatic heterocycles. The number of rotatable bonds is 0. The molecule has 0 aliphatic carbocycles. The fraction of sp³-hybridized carbons (Fsp3) is 0. The maximum atomic E-state index is 8.41. The molecule has 0 bridgehead atoms. The van der Waals surface area contributed by atoms with E-state index < -0.39 is 14.8 Å². The first-order chi connectivity index (χ1) is 2.41. The van der Waals surface area contributed by atoms with Gasteiger partial charge in [0.2, 0.25) is 0 Å². The van der Waals surface area contributed by atoms with Gasteiger partial charge in [-0.05, 0) is 0 Å². The fourth-order valence-corrected chi connectivity index (χ4v) is 0. The molecule has 0 saturated carbocycles. The molecular weight excluding hydrogens is 243 g/mol. The van der Waals surface area contributed by atoms with Crippen LogP contribution in [0.3, 0.4) is 0 Å². The van der Waals surface area contributed by atoms with Gasteiger partial charge in [0, 0.05) is 0 Å². The van der Waals surface area contributed by atoms with E-state index in [2.05, 4.69) is 0 Å². The van der Waals surface area contributed by atoms with Gasteiger partial charge in [-0.1, -0.05) is 0 Å². The molecule has 0 aromatic heterocycles. The molecule has 0 rings (SSSR count). The van der Waals surface area contributed by atoms with E-state index in [1.165, 1.54) is 0 Å². The van der Waals surface area contributed by atoms with Crippen LogP contribution >= 0.6 is 0 Å². The molecule has 0 spiro atoms. The van der Waals surface area contributed by atoms with Crippen molar-refractivity contribution in [2.24, 2.45) is 0 Å². The summed E-state index contributed by atoms with van der Waals surface area (Å²) in [6, 6.07) is 0. The summed E-state index contributed by atoms with van der Waals surface area (Å²) in [7, 11) is 0. The van der Waals surface area contributed by atoms with Crippen molar-refractivity contribution < 1.29 is 63.2 Å². The van der Waals surface area contributed by atoms with E-state index in [9.17, 15) is 0 Å². The van der Waals surface area contributed by atoms with Crippen LogP contribution in [-0.2, 0) is 23.4 Å². The number of hydrogen-bond acceptors (Lipinski definition) is 3. The van der Waals surface area contributed by atoms with Crippen LogP contribution in [0.1, 0.15) is 0 Å². The summed E-state index contributed by atoms with van der Waals surface area (Å²) >= 11 is -1.38. The summed E-state index contributed by atoms with van der Waals surface area (Å²) in [5.74, 6) is 0. The Morgan fingerprint density at radius 3 is 1.20 bits per heavy atom. The van der Waals surface area contributed by atoms with Gasteiger partial charge in [0.05, 0.1) is 0 Å². The van der Waals surface area contributed by atoms with Crippen molar-refractivity contribution >= 4 is 0 Å². The molecule has 0 N–H and O–H groups in total. The summed E-state index contributed by atoms with van der Waals surface area (Å²) in [6.07, 6.45) is 0. The van der Waals surface area contributed by atoms with Crippen molar-refractivity contribution in [2.75, 3.05) is 0 Å². The maximum absolute atomic E-state index is 8.41. The molecule has 0 heterocycles. The van der Waals surface area contributed by atoms with E-state index in [1.807, 2.05) is 0 Å².